The normalized spacial score (nSPS) is 32.6. The number of methoxy groups -OCH3 is 3. The Bertz CT molecular complexity index is 217. The molecule has 1 aliphatic heterocycles. The van der Waals surface area contributed by atoms with Gasteiger partial charge in [0.2, 0.25) is 0 Å². The number of ether oxygens (including phenoxy) is 5. The fraction of sp³-hybridized carbons (Fsp3) is 1.00. The highest BCUT2D eigenvalue weighted by Crippen LogP contribution is 2.34. The van der Waals surface area contributed by atoms with Crippen LogP contribution in [0.2, 0.25) is 0 Å². The summed E-state index contributed by atoms with van der Waals surface area (Å²) in [6.07, 6.45) is 1.27. The van der Waals surface area contributed by atoms with E-state index in [2.05, 4.69) is 6.92 Å². The molecule has 102 valence electrons. The fourth-order valence-electron chi connectivity index (χ4n) is 2.21. The minimum absolute atomic E-state index is 0.00292. The molecular formula is C12H24O5. The Morgan fingerprint density at radius 2 is 1.88 bits per heavy atom. The maximum atomic E-state index is 5.80. The maximum absolute atomic E-state index is 5.80. The van der Waals surface area contributed by atoms with Crippen molar-refractivity contribution in [2.75, 3.05) is 27.9 Å². The van der Waals surface area contributed by atoms with Crippen LogP contribution in [0.3, 0.4) is 0 Å². The molecular weight excluding hydrogens is 224 g/mol. The van der Waals surface area contributed by atoms with Crippen molar-refractivity contribution in [3.8, 4) is 0 Å². The van der Waals surface area contributed by atoms with E-state index in [0.29, 0.717) is 6.61 Å². The van der Waals surface area contributed by atoms with Crippen LogP contribution in [0.4, 0.5) is 0 Å². The third-order valence-corrected chi connectivity index (χ3v) is 2.97. The van der Waals surface area contributed by atoms with Crippen LogP contribution >= 0.6 is 0 Å². The molecule has 0 aromatic rings. The van der Waals surface area contributed by atoms with E-state index in [1.165, 1.54) is 0 Å². The number of hydrogen-bond donors (Lipinski definition) is 0. The average Bonchev–Trinajstić information content (AvgIpc) is 2.35. The van der Waals surface area contributed by atoms with Gasteiger partial charge in [-0.1, -0.05) is 6.92 Å². The topological polar surface area (TPSA) is 46.2 Å². The second-order valence-corrected chi connectivity index (χ2v) is 4.24. The first-order chi connectivity index (χ1) is 8.13. The lowest BCUT2D eigenvalue weighted by atomic mass is 10.0. The minimum Gasteiger partial charge on any atom is -0.375 e. The van der Waals surface area contributed by atoms with Crippen molar-refractivity contribution >= 4 is 0 Å². The molecule has 0 aliphatic carbocycles. The summed E-state index contributed by atoms with van der Waals surface area (Å²) in [5, 5.41) is 0. The van der Waals surface area contributed by atoms with Gasteiger partial charge < -0.3 is 23.7 Å². The van der Waals surface area contributed by atoms with Gasteiger partial charge >= 0.3 is 5.97 Å². The first-order valence-corrected chi connectivity index (χ1v) is 6.06. The molecule has 0 N–H and O–H groups in total. The molecule has 1 rings (SSSR count). The summed E-state index contributed by atoms with van der Waals surface area (Å²) in [7, 11) is 4.70. The zero-order chi connectivity index (χ0) is 12.9. The number of rotatable bonds is 6. The average molecular weight is 248 g/mol. The predicted molar refractivity (Wildman–Crippen MR) is 62.7 cm³/mol. The first-order valence-electron chi connectivity index (χ1n) is 6.06. The van der Waals surface area contributed by atoms with Crippen LogP contribution in [0.1, 0.15) is 26.7 Å². The van der Waals surface area contributed by atoms with Crippen molar-refractivity contribution in [2.24, 2.45) is 0 Å². The van der Waals surface area contributed by atoms with Gasteiger partial charge in [0.25, 0.3) is 0 Å². The zero-order valence-corrected chi connectivity index (χ0v) is 11.4. The van der Waals surface area contributed by atoms with Crippen LogP contribution in [-0.4, -0.2) is 52.2 Å². The fourth-order valence-corrected chi connectivity index (χ4v) is 2.21. The molecule has 1 fully saturated rings. The van der Waals surface area contributed by atoms with Crippen molar-refractivity contribution in [3.05, 3.63) is 0 Å². The largest absolute Gasteiger partial charge is 0.375 e. The molecule has 0 saturated carbocycles. The molecule has 0 amide bonds. The van der Waals surface area contributed by atoms with Crippen LogP contribution in [0.5, 0.6) is 0 Å². The van der Waals surface area contributed by atoms with E-state index < -0.39 is 5.97 Å². The third kappa shape index (κ3) is 3.17. The Labute approximate surface area is 103 Å². The van der Waals surface area contributed by atoms with Crippen molar-refractivity contribution in [1.82, 2.24) is 0 Å². The van der Waals surface area contributed by atoms with Crippen molar-refractivity contribution in [1.29, 1.82) is 0 Å². The van der Waals surface area contributed by atoms with Crippen LogP contribution < -0.4 is 0 Å². The van der Waals surface area contributed by atoms with Gasteiger partial charge in [0.15, 0.2) is 6.10 Å². The standard InChI is InChI=1S/C12H24O5/c1-6-7-16-10-8-9(2)17-12(14-4,15-5)11(10)13-3/h9-11H,6-8H2,1-5H3. The molecule has 3 atom stereocenters. The highest BCUT2D eigenvalue weighted by molar-refractivity contribution is 4.87. The monoisotopic (exact) mass is 248 g/mol. The molecule has 0 spiro atoms. The van der Waals surface area contributed by atoms with Crippen LogP contribution in [0, 0.1) is 0 Å². The lowest BCUT2D eigenvalue weighted by Crippen LogP contribution is -2.61. The molecule has 5 heteroatoms. The highest BCUT2D eigenvalue weighted by atomic mass is 16.9. The van der Waals surface area contributed by atoms with E-state index in [1.54, 1.807) is 21.3 Å². The summed E-state index contributed by atoms with van der Waals surface area (Å²) in [4.78, 5) is 0. The Hall–Kier alpha value is -0.200. The number of hydrogen-bond acceptors (Lipinski definition) is 5. The first kappa shape index (κ1) is 14.9. The smallest absolute Gasteiger partial charge is 0.313 e. The predicted octanol–water partition coefficient (Wildman–Crippen LogP) is 1.55. The van der Waals surface area contributed by atoms with E-state index in [-0.39, 0.29) is 18.3 Å². The Morgan fingerprint density at radius 1 is 1.24 bits per heavy atom. The van der Waals surface area contributed by atoms with Crippen LogP contribution in [0.25, 0.3) is 0 Å². The van der Waals surface area contributed by atoms with Crippen molar-refractivity contribution in [3.63, 3.8) is 0 Å². The second-order valence-electron chi connectivity index (χ2n) is 4.24. The van der Waals surface area contributed by atoms with Gasteiger partial charge in [0, 0.05) is 34.4 Å². The molecule has 5 nitrogen and oxygen atoms in total. The van der Waals surface area contributed by atoms with E-state index in [0.717, 1.165) is 12.8 Å². The molecule has 0 radical (unpaired) electrons. The molecule has 1 aliphatic rings. The van der Waals surface area contributed by atoms with Gasteiger partial charge in [-0.25, -0.2) is 0 Å². The molecule has 0 aromatic heterocycles. The minimum atomic E-state index is -1.18. The summed E-state index contributed by atoms with van der Waals surface area (Å²) >= 11 is 0. The Morgan fingerprint density at radius 3 is 2.35 bits per heavy atom. The van der Waals surface area contributed by atoms with Gasteiger partial charge in [-0.2, -0.15) is 0 Å². The van der Waals surface area contributed by atoms with Gasteiger partial charge in [-0.3, -0.25) is 0 Å². The van der Waals surface area contributed by atoms with Crippen molar-refractivity contribution < 1.29 is 23.7 Å². The van der Waals surface area contributed by atoms with E-state index in [9.17, 15) is 0 Å². The second kappa shape index (κ2) is 6.66. The quantitative estimate of drug-likeness (QED) is 0.667. The summed E-state index contributed by atoms with van der Waals surface area (Å²) < 4.78 is 27.7. The van der Waals surface area contributed by atoms with Gasteiger partial charge in [0.1, 0.15) is 0 Å². The lowest BCUT2D eigenvalue weighted by molar-refractivity contribution is -0.438. The SMILES string of the molecule is CCCOC1CC(C)OC(OC)(OC)C1OC. The highest BCUT2D eigenvalue weighted by Gasteiger charge is 2.52. The van der Waals surface area contributed by atoms with E-state index in [4.69, 9.17) is 23.7 Å². The summed E-state index contributed by atoms with van der Waals surface area (Å²) in [5.74, 6) is -1.18. The lowest BCUT2D eigenvalue weighted by Gasteiger charge is -2.46. The molecule has 1 heterocycles. The molecule has 3 unspecified atom stereocenters. The molecule has 1 saturated heterocycles. The van der Waals surface area contributed by atoms with Gasteiger partial charge in [-0.15, -0.1) is 0 Å². The van der Waals surface area contributed by atoms with Gasteiger partial charge in [0.05, 0.1) is 12.2 Å². The van der Waals surface area contributed by atoms with Crippen LogP contribution in [0.15, 0.2) is 0 Å². The summed E-state index contributed by atoms with van der Waals surface area (Å²) in [6.45, 7) is 4.74. The molecule has 17 heavy (non-hydrogen) atoms. The Balaban J connectivity index is 2.82. The zero-order valence-electron chi connectivity index (χ0n) is 11.4. The molecule has 0 bridgehead atoms. The Kier molecular flexibility index (Phi) is 5.82. The molecule has 0 aromatic carbocycles. The van der Waals surface area contributed by atoms with Gasteiger partial charge in [-0.05, 0) is 13.3 Å². The summed E-state index contributed by atoms with van der Waals surface area (Å²) in [5.41, 5.74) is 0. The summed E-state index contributed by atoms with van der Waals surface area (Å²) in [6, 6.07) is 0. The van der Waals surface area contributed by atoms with Crippen molar-refractivity contribution in [2.45, 2.75) is 51.0 Å². The maximum Gasteiger partial charge on any atom is 0.313 e. The third-order valence-electron chi connectivity index (χ3n) is 2.97. The van der Waals surface area contributed by atoms with E-state index in [1.807, 2.05) is 6.92 Å². The van der Waals surface area contributed by atoms with E-state index >= 15 is 0 Å². The van der Waals surface area contributed by atoms with Crippen LogP contribution in [-0.2, 0) is 23.7 Å².